The molecule has 1 heterocycles. The van der Waals surface area contributed by atoms with E-state index in [1.54, 1.807) is 37.7 Å². The summed E-state index contributed by atoms with van der Waals surface area (Å²) in [6.07, 6.45) is 0. The van der Waals surface area contributed by atoms with Gasteiger partial charge in [-0.25, -0.2) is 9.78 Å². The van der Waals surface area contributed by atoms with Crippen LogP contribution in [0.2, 0.25) is 0 Å². The number of aryl methyl sites for hydroxylation is 2. The summed E-state index contributed by atoms with van der Waals surface area (Å²) < 4.78 is 6.85. The molecule has 5 heteroatoms. The zero-order chi connectivity index (χ0) is 13.3. The van der Waals surface area contributed by atoms with Gasteiger partial charge in [0.05, 0.1) is 18.5 Å². The first-order valence-electron chi connectivity index (χ1n) is 5.49. The predicted molar refractivity (Wildman–Crippen MR) is 66.5 cm³/mol. The Bertz CT molecular complexity index is 602. The highest BCUT2D eigenvalue weighted by Crippen LogP contribution is 2.26. The van der Waals surface area contributed by atoms with E-state index in [9.17, 15) is 9.90 Å². The van der Waals surface area contributed by atoms with Crippen molar-refractivity contribution in [2.45, 2.75) is 13.8 Å². The lowest BCUT2D eigenvalue weighted by molar-refractivity contribution is 0.0687. The Labute approximate surface area is 105 Å². The standard InChI is InChI=1S/C13H14N2O3/c1-8-12(13(16)17)15(9(2)14-8)10-6-4-5-7-11(10)18-3/h4-7H,1-3H3,(H,16,17). The average molecular weight is 246 g/mol. The number of para-hydroxylation sites is 2. The zero-order valence-corrected chi connectivity index (χ0v) is 10.5. The molecular formula is C13H14N2O3. The van der Waals surface area contributed by atoms with E-state index < -0.39 is 5.97 Å². The van der Waals surface area contributed by atoms with Crippen molar-refractivity contribution in [3.63, 3.8) is 0 Å². The summed E-state index contributed by atoms with van der Waals surface area (Å²) in [5.41, 5.74) is 1.33. The van der Waals surface area contributed by atoms with Crippen LogP contribution in [0.5, 0.6) is 5.75 Å². The van der Waals surface area contributed by atoms with Gasteiger partial charge >= 0.3 is 5.97 Å². The van der Waals surface area contributed by atoms with E-state index in [-0.39, 0.29) is 5.69 Å². The van der Waals surface area contributed by atoms with Crippen LogP contribution in [-0.2, 0) is 0 Å². The Morgan fingerprint density at radius 3 is 2.61 bits per heavy atom. The zero-order valence-electron chi connectivity index (χ0n) is 10.5. The third-order valence-electron chi connectivity index (χ3n) is 2.75. The predicted octanol–water partition coefficient (Wildman–Crippen LogP) is 2.20. The molecule has 1 aromatic heterocycles. The van der Waals surface area contributed by atoms with Crippen molar-refractivity contribution in [3.8, 4) is 11.4 Å². The summed E-state index contributed by atoms with van der Waals surface area (Å²) in [4.78, 5) is 15.5. The van der Waals surface area contributed by atoms with Crippen LogP contribution in [0.25, 0.3) is 5.69 Å². The van der Waals surface area contributed by atoms with Crippen LogP contribution in [0.15, 0.2) is 24.3 Å². The first-order valence-corrected chi connectivity index (χ1v) is 5.49. The van der Waals surface area contributed by atoms with Gasteiger partial charge in [-0.05, 0) is 26.0 Å². The maximum absolute atomic E-state index is 11.3. The molecule has 0 aliphatic rings. The van der Waals surface area contributed by atoms with E-state index in [4.69, 9.17) is 4.74 Å². The fourth-order valence-electron chi connectivity index (χ4n) is 2.03. The van der Waals surface area contributed by atoms with E-state index >= 15 is 0 Å². The van der Waals surface area contributed by atoms with Crippen LogP contribution in [0.4, 0.5) is 0 Å². The van der Waals surface area contributed by atoms with Gasteiger partial charge in [-0.15, -0.1) is 0 Å². The lowest BCUT2D eigenvalue weighted by atomic mass is 10.2. The first kappa shape index (κ1) is 12.2. The van der Waals surface area contributed by atoms with Crippen LogP contribution < -0.4 is 4.74 Å². The molecular weight excluding hydrogens is 232 g/mol. The Hall–Kier alpha value is -2.30. The van der Waals surface area contributed by atoms with E-state index in [0.717, 1.165) is 0 Å². The highest BCUT2D eigenvalue weighted by molar-refractivity contribution is 5.88. The molecule has 94 valence electrons. The molecule has 1 N–H and O–H groups in total. The van der Waals surface area contributed by atoms with Gasteiger partial charge in [0.25, 0.3) is 0 Å². The molecule has 0 spiro atoms. The SMILES string of the molecule is COc1ccccc1-n1c(C)nc(C)c1C(=O)O. The van der Waals surface area contributed by atoms with Crippen molar-refractivity contribution in [1.29, 1.82) is 0 Å². The van der Waals surface area contributed by atoms with Gasteiger partial charge in [0.2, 0.25) is 0 Å². The molecule has 0 aliphatic heterocycles. The fourth-order valence-corrected chi connectivity index (χ4v) is 2.03. The molecule has 0 atom stereocenters. The van der Waals surface area contributed by atoms with E-state index in [2.05, 4.69) is 4.98 Å². The van der Waals surface area contributed by atoms with Crippen molar-refractivity contribution in [2.75, 3.05) is 7.11 Å². The fraction of sp³-hybridized carbons (Fsp3) is 0.231. The third kappa shape index (κ3) is 1.84. The van der Waals surface area contributed by atoms with Gasteiger partial charge in [0, 0.05) is 0 Å². The van der Waals surface area contributed by atoms with Gasteiger partial charge in [-0.1, -0.05) is 12.1 Å². The molecule has 0 amide bonds. The maximum atomic E-state index is 11.3. The quantitative estimate of drug-likeness (QED) is 0.901. The molecule has 0 fully saturated rings. The normalized spacial score (nSPS) is 10.4. The molecule has 0 saturated heterocycles. The smallest absolute Gasteiger partial charge is 0.354 e. The van der Waals surface area contributed by atoms with Gasteiger partial charge in [0.15, 0.2) is 5.69 Å². The van der Waals surface area contributed by atoms with E-state index in [1.165, 1.54) is 0 Å². The van der Waals surface area contributed by atoms with Crippen LogP contribution in [0.1, 0.15) is 22.0 Å². The summed E-state index contributed by atoms with van der Waals surface area (Å²) in [7, 11) is 1.55. The number of aromatic carboxylic acids is 1. The van der Waals surface area contributed by atoms with Crippen LogP contribution in [-0.4, -0.2) is 27.7 Å². The lowest BCUT2D eigenvalue weighted by Gasteiger charge is -2.12. The van der Waals surface area contributed by atoms with Crippen LogP contribution >= 0.6 is 0 Å². The second-order valence-electron chi connectivity index (χ2n) is 3.91. The molecule has 5 nitrogen and oxygen atoms in total. The second-order valence-corrected chi connectivity index (χ2v) is 3.91. The molecule has 0 bridgehead atoms. The van der Waals surface area contributed by atoms with Gasteiger partial charge in [0.1, 0.15) is 11.6 Å². The summed E-state index contributed by atoms with van der Waals surface area (Å²) in [6.45, 7) is 3.45. The summed E-state index contributed by atoms with van der Waals surface area (Å²) in [6, 6.07) is 7.26. The second kappa shape index (κ2) is 4.52. The number of nitrogens with zero attached hydrogens (tertiary/aromatic N) is 2. The number of hydrogen-bond acceptors (Lipinski definition) is 3. The summed E-state index contributed by atoms with van der Waals surface area (Å²) >= 11 is 0. The summed E-state index contributed by atoms with van der Waals surface area (Å²) in [5, 5.41) is 9.28. The van der Waals surface area contributed by atoms with E-state index in [0.29, 0.717) is 23.0 Å². The Morgan fingerprint density at radius 2 is 2.00 bits per heavy atom. The first-order chi connectivity index (χ1) is 8.56. The Balaban J connectivity index is 2.74. The number of ether oxygens (including phenoxy) is 1. The van der Waals surface area contributed by atoms with Crippen molar-refractivity contribution in [1.82, 2.24) is 9.55 Å². The number of rotatable bonds is 3. The number of hydrogen-bond donors (Lipinski definition) is 1. The molecule has 0 aliphatic carbocycles. The number of carbonyl (C=O) groups is 1. The lowest BCUT2D eigenvalue weighted by Crippen LogP contribution is -2.10. The molecule has 18 heavy (non-hydrogen) atoms. The van der Waals surface area contributed by atoms with Gasteiger partial charge in [-0.3, -0.25) is 4.57 Å². The van der Waals surface area contributed by atoms with Crippen molar-refractivity contribution in [2.24, 2.45) is 0 Å². The Kier molecular flexibility index (Phi) is 3.06. The monoisotopic (exact) mass is 246 g/mol. The molecule has 1 aromatic carbocycles. The average Bonchev–Trinajstić information content (AvgIpc) is 2.64. The number of imidazole rings is 1. The molecule has 2 rings (SSSR count). The minimum atomic E-state index is -1.00. The number of carboxylic acid groups (broad SMARTS) is 1. The largest absolute Gasteiger partial charge is 0.495 e. The van der Waals surface area contributed by atoms with Crippen molar-refractivity contribution < 1.29 is 14.6 Å². The third-order valence-corrected chi connectivity index (χ3v) is 2.75. The number of aromatic nitrogens is 2. The minimum absolute atomic E-state index is 0.164. The van der Waals surface area contributed by atoms with Gasteiger partial charge in [-0.2, -0.15) is 0 Å². The van der Waals surface area contributed by atoms with E-state index in [1.807, 2.05) is 12.1 Å². The molecule has 0 unspecified atom stereocenters. The maximum Gasteiger partial charge on any atom is 0.354 e. The number of carboxylic acids is 1. The topological polar surface area (TPSA) is 64.4 Å². The molecule has 0 radical (unpaired) electrons. The van der Waals surface area contributed by atoms with Crippen LogP contribution in [0, 0.1) is 13.8 Å². The van der Waals surface area contributed by atoms with Crippen LogP contribution in [0.3, 0.4) is 0 Å². The highest BCUT2D eigenvalue weighted by Gasteiger charge is 2.20. The highest BCUT2D eigenvalue weighted by atomic mass is 16.5. The molecule has 2 aromatic rings. The summed E-state index contributed by atoms with van der Waals surface area (Å²) in [5.74, 6) is 0.230. The number of benzene rings is 1. The van der Waals surface area contributed by atoms with Crippen molar-refractivity contribution in [3.05, 3.63) is 41.5 Å². The van der Waals surface area contributed by atoms with Gasteiger partial charge < -0.3 is 9.84 Å². The molecule has 0 saturated carbocycles. The minimum Gasteiger partial charge on any atom is -0.495 e. The Morgan fingerprint density at radius 1 is 1.33 bits per heavy atom. The number of methoxy groups -OCH3 is 1. The van der Waals surface area contributed by atoms with Crippen molar-refractivity contribution >= 4 is 5.97 Å².